The van der Waals surface area contributed by atoms with Gasteiger partial charge in [-0.15, -0.1) is 0 Å². The van der Waals surface area contributed by atoms with E-state index in [1.807, 2.05) is 19.1 Å². The number of halogens is 2. The summed E-state index contributed by atoms with van der Waals surface area (Å²) in [5, 5.41) is 8.83. The largest absolute Gasteiger partial charge is 0.399 e. The van der Waals surface area contributed by atoms with E-state index in [-0.39, 0.29) is 31.4 Å². The maximum absolute atomic E-state index is 12.4. The fraction of sp³-hybridized carbons (Fsp3) is 0.500. The molecule has 0 heterocycles. The number of nitrogens with two attached hydrogens (primary N) is 1. The van der Waals surface area contributed by atoms with Gasteiger partial charge in [-0.3, -0.25) is 4.79 Å². The Labute approximate surface area is 117 Å². The Morgan fingerprint density at radius 1 is 1.35 bits per heavy atom. The average Bonchev–Trinajstić information content (AvgIpc) is 2.38. The van der Waals surface area contributed by atoms with Crippen molar-refractivity contribution in [3.05, 3.63) is 29.8 Å². The number of nitrogens with zero attached hydrogens (tertiary/aromatic N) is 1. The molecule has 0 spiro atoms. The van der Waals surface area contributed by atoms with Crippen LogP contribution in [-0.4, -0.2) is 42.0 Å². The van der Waals surface area contributed by atoms with Crippen molar-refractivity contribution in [2.45, 2.75) is 25.7 Å². The molecule has 1 amide bonds. The highest BCUT2D eigenvalue weighted by Crippen LogP contribution is 2.21. The highest BCUT2D eigenvalue weighted by atomic mass is 19.3. The van der Waals surface area contributed by atoms with Crippen LogP contribution in [-0.2, 0) is 4.79 Å². The molecule has 112 valence electrons. The van der Waals surface area contributed by atoms with Crippen molar-refractivity contribution < 1.29 is 18.7 Å². The van der Waals surface area contributed by atoms with E-state index in [1.165, 1.54) is 0 Å². The van der Waals surface area contributed by atoms with Crippen LogP contribution in [0.4, 0.5) is 14.5 Å². The number of alkyl halides is 2. The van der Waals surface area contributed by atoms with E-state index in [0.29, 0.717) is 5.69 Å². The van der Waals surface area contributed by atoms with Crippen LogP contribution in [0.25, 0.3) is 0 Å². The lowest BCUT2D eigenvalue weighted by Gasteiger charge is -2.23. The lowest BCUT2D eigenvalue weighted by atomic mass is 9.97. The average molecular weight is 286 g/mol. The molecule has 0 aliphatic heterocycles. The third-order valence-corrected chi connectivity index (χ3v) is 3.07. The first-order valence-electron chi connectivity index (χ1n) is 6.46. The Bertz CT molecular complexity index is 424. The third kappa shape index (κ3) is 5.13. The van der Waals surface area contributed by atoms with Crippen molar-refractivity contribution in [1.29, 1.82) is 0 Å². The smallest absolute Gasteiger partial charge is 0.255 e. The van der Waals surface area contributed by atoms with E-state index in [9.17, 15) is 13.6 Å². The molecule has 0 aliphatic carbocycles. The summed E-state index contributed by atoms with van der Waals surface area (Å²) in [6.07, 6.45) is -2.48. The monoisotopic (exact) mass is 286 g/mol. The van der Waals surface area contributed by atoms with Gasteiger partial charge in [0.1, 0.15) is 0 Å². The molecule has 0 aromatic heterocycles. The highest BCUT2D eigenvalue weighted by Gasteiger charge is 2.20. The molecule has 0 saturated heterocycles. The number of carbonyl (C=O) groups excluding carboxylic acids is 1. The lowest BCUT2D eigenvalue weighted by molar-refractivity contribution is -0.134. The molecule has 1 aromatic rings. The van der Waals surface area contributed by atoms with Crippen LogP contribution in [0.1, 0.15) is 24.8 Å². The zero-order valence-corrected chi connectivity index (χ0v) is 11.4. The summed E-state index contributed by atoms with van der Waals surface area (Å²) >= 11 is 0. The number of benzene rings is 1. The molecular weight excluding hydrogens is 266 g/mol. The highest BCUT2D eigenvalue weighted by molar-refractivity contribution is 5.77. The first-order valence-corrected chi connectivity index (χ1v) is 6.46. The van der Waals surface area contributed by atoms with Gasteiger partial charge in [-0.25, -0.2) is 8.78 Å². The molecule has 3 N–H and O–H groups in total. The van der Waals surface area contributed by atoms with Gasteiger partial charge < -0.3 is 15.7 Å². The number of aliphatic hydroxyl groups is 1. The molecule has 0 fully saturated rings. The van der Waals surface area contributed by atoms with Crippen LogP contribution in [0, 0.1) is 0 Å². The molecule has 4 nitrogen and oxygen atoms in total. The summed E-state index contributed by atoms with van der Waals surface area (Å²) in [6, 6.07) is 7.11. The summed E-state index contributed by atoms with van der Waals surface area (Å²) in [5.74, 6) is -0.481. The Morgan fingerprint density at radius 2 is 1.95 bits per heavy atom. The Balaban J connectivity index is 2.64. The van der Waals surface area contributed by atoms with Crippen LogP contribution >= 0.6 is 0 Å². The molecule has 0 aliphatic rings. The number of rotatable bonds is 7. The summed E-state index contributed by atoms with van der Waals surface area (Å²) < 4.78 is 24.8. The Hall–Kier alpha value is -1.69. The predicted octanol–water partition coefficient (Wildman–Crippen LogP) is 1.85. The van der Waals surface area contributed by atoms with Crippen LogP contribution < -0.4 is 5.73 Å². The zero-order valence-electron chi connectivity index (χ0n) is 11.4. The molecular formula is C14H20F2N2O2. The SMILES string of the molecule is CC(CC(=O)N(CCO)CC(F)F)c1ccc(N)cc1. The second-order valence-electron chi connectivity index (χ2n) is 4.73. The quantitative estimate of drug-likeness (QED) is 0.752. The second kappa shape index (κ2) is 7.79. The molecule has 20 heavy (non-hydrogen) atoms. The maximum Gasteiger partial charge on any atom is 0.255 e. The Kier molecular flexibility index (Phi) is 6.38. The van der Waals surface area contributed by atoms with Crippen molar-refractivity contribution in [3.63, 3.8) is 0 Å². The fourth-order valence-electron chi connectivity index (χ4n) is 1.94. The van der Waals surface area contributed by atoms with Gasteiger partial charge in [0.25, 0.3) is 6.43 Å². The molecule has 6 heteroatoms. The fourth-order valence-corrected chi connectivity index (χ4v) is 1.94. The van der Waals surface area contributed by atoms with Crippen LogP contribution in [0.5, 0.6) is 0 Å². The summed E-state index contributed by atoms with van der Waals surface area (Å²) in [6.45, 7) is 0.809. The van der Waals surface area contributed by atoms with Gasteiger partial charge in [-0.05, 0) is 23.6 Å². The van der Waals surface area contributed by atoms with Crippen LogP contribution in [0.15, 0.2) is 24.3 Å². The van der Waals surface area contributed by atoms with E-state index >= 15 is 0 Å². The number of hydrogen-bond donors (Lipinski definition) is 2. The third-order valence-electron chi connectivity index (χ3n) is 3.07. The second-order valence-corrected chi connectivity index (χ2v) is 4.73. The summed E-state index contributed by atoms with van der Waals surface area (Å²) in [5.41, 5.74) is 7.14. The number of anilines is 1. The van der Waals surface area contributed by atoms with E-state index in [1.54, 1.807) is 12.1 Å². The molecule has 1 atom stereocenters. The summed E-state index contributed by atoms with van der Waals surface area (Å²) in [7, 11) is 0. The molecule has 1 unspecified atom stereocenters. The zero-order chi connectivity index (χ0) is 15.1. The molecule has 1 rings (SSSR count). The van der Waals surface area contributed by atoms with Crippen molar-refractivity contribution in [1.82, 2.24) is 4.90 Å². The summed E-state index contributed by atoms with van der Waals surface area (Å²) in [4.78, 5) is 13.0. The number of aliphatic hydroxyl groups excluding tert-OH is 1. The van der Waals surface area contributed by atoms with Crippen molar-refractivity contribution in [2.75, 3.05) is 25.4 Å². The van der Waals surface area contributed by atoms with Gasteiger partial charge in [0.2, 0.25) is 5.91 Å². The number of hydrogen-bond acceptors (Lipinski definition) is 3. The van der Waals surface area contributed by atoms with Crippen molar-refractivity contribution >= 4 is 11.6 Å². The van der Waals surface area contributed by atoms with Crippen LogP contribution in [0.3, 0.4) is 0 Å². The first kappa shape index (κ1) is 16.4. The van der Waals surface area contributed by atoms with Gasteiger partial charge in [-0.1, -0.05) is 19.1 Å². The lowest BCUT2D eigenvalue weighted by Crippen LogP contribution is -2.37. The molecule has 0 radical (unpaired) electrons. The van der Waals surface area contributed by atoms with Gasteiger partial charge in [0, 0.05) is 18.7 Å². The number of carbonyl (C=O) groups is 1. The number of amides is 1. The minimum Gasteiger partial charge on any atom is -0.399 e. The molecule has 0 bridgehead atoms. The molecule has 0 saturated carbocycles. The maximum atomic E-state index is 12.4. The van der Waals surface area contributed by atoms with E-state index < -0.39 is 13.0 Å². The van der Waals surface area contributed by atoms with Crippen LogP contribution in [0.2, 0.25) is 0 Å². The topological polar surface area (TPSA) is 66.6 Å². The van der Waals surface area contributed by atoms with E-state index in [0.717, 1.165) is 10.5 Å². The van der Waals surface area contributed by atoms with Gasteiger partial charge in [-0.2, -0.15) is 0 Å². The van der Waals surface area contributed by atoms with E-state index in [4.69, 9.17) is 10.8 Å². The van der Waals surface area contributed by atoms with Crippen molar-refractivity contribution in [2.24, 2.45) is 0 Å². The minimum absolute atomic E-state index is 0.0718. The van der Waals surface area contributed by atoms with Crippen molar-refractivity contribution in [3.8, 4) is 0 Å². The standard InChI is InChI=1S/C14H20F2N2O2/c1-10(11-2-4-12(17)5-3-11)8-14(20)18(6-7-19)9-13(15)16/h2-5,10,13,19H,6-9,17H2,1H3. The number of nitrogen functional groups attached to an aromatic ring is 1. The van der Waals surface area contributed by atoms with Gasteiger partial charge in [0.15, 0.2) is 0 Å². The first-order chi connectivity index (χ1) is 9.43. The minimum atomic E-state index is -2.60. The van der Waals surface area contributed by atoms with Gasteiger partial charge >= 0.3 is 0 Å². The van der Waals surface area contributed by atoms with E-state index in [2.05, 4.69) is 0 Å². The van der Waals surface area contributed by atoms with Gasteiger partial charge in [0.05, 0.1) is 13.2 Å². The molecule has 1 aromatic carbocycles. The normalized spacial score (nSPS) is 12.4. The Morgan fingerprint density at radius 3 is 2.45 bits per heavy atom. The predicted molar refractivity (Wildman–Crippen MR) is 73.6 cm³/mol.